The van der Waals surface area contributed by atoms with Gasteiger partial charge in [-0.1, -0.05) is 12.1 Å². The van der Waals surface area contributed by atoms with Gasteiger partial charge in [-0.25, -0.2) is 13.2 Å². The molecule has 3 N–H and O–H groups in total. The fourth-order valence-electron chi connectivity index (χ4n) is 5.89. The number of halogens is 1. The second-order valence-electron chi connectivity index (χ2n) is 11.6. The molecule has 2 heterocycles. The second kappa shape index (κ2) is 14.3. The lowest BCUT2D eigenvalue weighted by molar-refractivity contribution is -0.133. The van der Waals surface area contributed by atoms with Crippen LogP contribution in [0.2, 0.25) is 0 Å². The van der Waals surface area contributed by atoms with Gasteiger partial charge in [0, 0.05) is 34.0 Å². The molecule has 0 bridgehead atoms. The number of rotatable bonds is 10. The van der Waals surface area contributed by atoms with E-state index in [1.807, 2.05) is 0 Å². The molecule has 1 fully saturated rings. The minimum atomic E-state index is -3.78. The van der Waals surface area contributed by atoms with Crippen molar-refractivity contribution in [1.82, 2.24) is 9.88 Å². The topological polar surface area (TPSA) is 156 Å². The van der Waals surface area contributed by atoms with E-state index in [-0.39, 0.29) is 16.4 Å². The zero-order valence-corrected chi connectivity index (χ0v) is 29.5. The summed E-state index contributed by atoms with van der Waals surface area (Å²) in [5, 5.41) is 6.34. The Hall–Kier alpha value is -4.56. The van der Waals surface area contributed by atoms with Gasteiger partial charge in [-0.2, -0.15) is 0 Å². The average Bonchev–Trinajstić information content (AvgIpc) is 3.58. The number of hydrogen-bond acceptors (Lipinski definition) is 9. The molecule has 1 aliphatic heterocycles. The Balaban J connectivity index is 1.62. The molecule has 3 aromatic carbocycles. The van der Waals surface area contributed by atoms with Crippen LogP contribution in [0.15, 0.2) is 75.0 Å². The highest BCUT2D eigenvalue weighted by atomic mass is 79.9. The van der Waals surface area contributed by atoms with E-state index in [9.17, 15) is 22.8 Å². The summed E-state index contributed by atoms with van der Waals surface area (Å²) in [4.78, 5) is 44.0. The monoisotopic (exact) mass is 740 g/mol. The van der Waals surface area contributed by atoms with Gasteiger partial charge in [0.25, 0.3) is 5.56 Å². The molecule has 14 heteroatoms. The van der Waals surface area contributed by atoms with Gasteiger partial charge in [0.05, 0.1) is 42.9 Å². The summed E-state index contributed by atoms with van der Waals surface area (Å²) in [6.07, 6.45) is 1.97. The van der Waals surface area contributed by atoms with Crippen LogP contribution < -0.4 is 25.7 Å². The number of carbonyl (C=O) groups excluding carboxylic acids is 2. The van der Waals surface area contributed by atoms with Crippen molar-refractivity contribution in [3.63, 3.8) is 0 Å². The number of nitrogens with one attached hydrogen (secondary N) is 3. The fourth-order valence-corrected chi connectivity index (χ4v) is 7.64. The number of aromatic nitrogens is 1. The molecule has 2 amide bonds. The molecule has 12 nitrogen and oxygen atoms in total. The zero-order valence-electron chi connectivity index (χ0n) is 27.1. The first-order chi connectivity index (χ1) is 22.9. The molecule has 0 spiro atoms. The average molecular weight is 742 g/mol. The maximum atomic E-state index is 14.8. The van der Waals surface area contributed by atoms with Crippen molar-refractivity contribution in [2.45, 2.75) is 48.9 Å². The molecule has 5 rings (SSSR count). The van der Waals surface area contributed by atoms with Crippen molar-refractivity contribution in [3.05, 3.63) is 86.7 Å². The van der Waals surface area contributed by atoms with Crippen molar-refractivity contribution in [3.8, 4) is 11.5 Å². The van der Waals surface area contributed by atoms with E-state index >= 15 is 0 Å². The standard InChI is InChI=1S/C34H37BrN4O8S/c1-19(2)48(43,44)30-13-10-22(38-34(42)47-5)17-25(30)27-7-6-14-39(27)33(41)31(20-8-12-28(45-3)29(15-20)46-4)37-21-9-11-23-24(16-21)32(40)36-18-26(23)35/h8-13,15-19,27,31,37H,6-7,14H2,1-5H3,(H,36,40)(H,38,42)/t27-,31-/m1/s1. The predicted octanol–water partition coefficient (Wildman–Crippen LogP) is 6.19. The number of H-pyrrole nitrogens is 1. The van der Waals surface area contributed by atoms with E-state index in [4.69, 9.17) is 14.2 Å². The van der Waals surface area contributed by atoms with Crippen molar-refractivity contribution in [1.29, 1.82) is 0 Å². The number of amides is 2. The summed E-state index contributed by atoms with van der Waals surface area (Å²) in [6.45, 7) is 3.55. The molecule has 254 valence electrons. The molecule has 2 atom stereocenters. The molecule has 4 aromatic rings. The van der Waals surface area contributed by atoms with Crippen LogP contribution in [0.5, 0.6) is 11.5 Å². The number of likely N-dealkylation sites (tertiary alicyclic amines) is 1. The summed E-state index contributed by atoms with van der Waals surface area (Å²) in [6, 6.07) is 13.4. The number of carbonyl (C=O) groups is 2. The lowest BCUT2D eigenvalue weighted by Gasteiger charge is -2.32. The van der Waals surface area contributed by atoms with Crippen LogP contribution in [0.3, 0.4) is 0 Å². The number of hydrogen-bond donors (Lipinski definition) is 3. The second-order valence-corrected chi connectivity index (χ2v) is 14.9. The lowest BCUT2D eigenvalue weighted by atomic mass is 10.0. The predicted molar refractivity (Wildman–Crippen MR) is 187 cm³/mol. The molecule has 0 unspecified atom stereocenters. The first kappa shape index (κ1) is 34.8. The molecule has 1 aromatic heterocycles. The first-order valence-corrected chi connectivity index (χ1v) is 17.6. The van der Waals surface area contributed by atoms with Crippen LogP contribution >= 0.6 is 15.9 Å². The third-order valence-electron chi connectivity index (χ3n) is 8.41. The minimum Gasteiger partial charge on any atom is -0.493 e. The number of pyridine rings is 1. The summed E-state index contributed by atoms with van der Waals surface area (Å²) in [5.74, 6) is 0.567. The maximum absolute atomic E-state index is 14.8. The fraction of sp³-hybridized carbons (Fsp3) is 0.324. The van der Waals surface area contributed by atoms with E-state index in [1.54, 1.807) is 67.4 Å². The summed E-state index contributed by atoms with van der Waals surface area (Å²) in [5.41, 5.74) is 1.52. The summed E-state index contributed by atoms with van der Waals surface area (Å²) < 4.78 is 43.6. The lowest BCUT2D eigenvalue weighted by Crippen LogP contribution is -2.38. The number of methoxy groups -OCH3 is 3. The van der Waals surface area contributed by atoms with Crippen LogP contribution in [0.1, 0.15) is 49.9 Å². The van der Waals surface area contributed by atoms with Crippen molar-refractivity contribution < 1.29 is 32.2 Å². The Morgan fingerprint density at radius 3 is 2.38 bits per heavy atom. The Bertz CT molecular complexity index is 2030. The quantitative estimate of drug-likeness (QED) is 0.173. The number of aromatic amines is 1. The Kier molecular flexibility index (Phi) is 10.3. The third kappa shape index (κ3) is 6.85. The Morgan fingerprint density at radius 1 is 0.958 bits per heavy atom. The minimum absolute atomic E-state index is 0.0903. The highest BCUT2D eigenvalue weighted by molar-refractivity contribution is 9.10. The Morgan fingerprint density at radius 2 is 1.69 bits per heavy atom. The molecule has 0 aliphatic carbocycles. The molecule has 48 heavy (non-hydrogen) atoms. The highest BCUT2D eigenvalue weighted by Gasteiger charge is 2.38. The van der Waals surface area contributed by atoms with Gasteiger partial charge in [0.1, 0.15) is 6.04 Å². The van der Waals surface area contributed by atoms with E-state index in [1.165, 1.54) is 33.5 Å². The van der Waals surface area contributed by atoms with Crippen LogP contribution in [0, 0.1) is 0 Å². The van der Waals surface area contributed by atoms with E-state index in [0.717, 1.165) is 0 Å². The maximum Gasteiger partial charge on any atom is 0.411 e. The van der Waals surface area contributed by atoms with Crippen molar-refractivity contribution in [2.75, 3.05) is 38.5 Å². The number of benzene rings is 3. The molecule has 0 radical (unpaired) electrons. The van der Waals surface area contributed by atoms with E-state index in [2.05, 4.69) is 31.5 Å². The number of ether oxygens (including phenoxy) is 3. The summed E-state index contributed by atoms with van der Waals surface area (Å²) in [7, 11) is 0.477. The van der Waals surface area contributed by atoms with Gasteiger partial charge < -0.3 is 29.4 Å². The van der Waals surface area contributed by atoms with Gasteiger partial charge in [0.2, 0.25) is 5.91 Å². The van der Waals surface area contributed by atoms with Crippen LogP contribution in [0.4, 0.5) is 16.2 Å². The molecule has 1 aliphatic rings. The number of sulfone groups is 1. The van der Waals surface area contributed by atoms with Gasteiger partial charge >= 0.3 is 6.09 Å². The molecular weight excluding hydrogens is 704 g/mol. The molecule has 0 saturated carbocycles. The van der Waals surface area contributed by atoms with Gasteiger partial charge in [0.15, 0.2) is 21.3 Å². The zero-order chi connectivity index (χ0) is 34.7. The summed E-state index contributed by atoms with van der Waals surface area (Å²) >= 11 is 3.47. The molecule has 1 saturated heterocycles. The van der Waals surface area contributed by atoms with E-state index < -0.39 is 33.3 Å². The number of fused-ring (bicyclic) bond motifs is 1. The van der Waals surface area contributed by atoms with Crippen molar-refractivity contribution in [2.24, 2.45) is 0 Å². The van der Waals surface area contributed by atoms with Gasteiger partial charge in [-0.05, 0) is 96.2 Å². The van der Waals surface area contributed by atoms with Crippen LogP contribution in [-0.4, -0.2) is 63.4 Å². The number of anilines is 2. The largest absolute Gasteiger partial charge is 0.493 e. The molecular formula is C34H37BrN4O8S. The van der Waals surface area contributed by atoms with Crippen LogP contribution in [-0.2, 0) is 19.4 Å². The third-order valence-corrected chi connectivity index (χ3v) is 11.3. The first-order valence-electron chi connectivity index (χ1n) is 15.2. The van der Waals surface area contributed by atoms with Crippen LogP contribution in [0.25, 0.3) is 10.8 Å². The Labute approximate surface area is 286 Å². The smallest absolute Gasteiger partial charge is 0.411 e. The SMILES string of the molecule is COC(=O)Nc1ccc(S(=O)(=O)C(C)C)c([C@H]2CCCN2C(=O)[C@H](Nc2ccc3c(Br)c[nH]c(=O)c3c2)c2ccc(OC)c(OC)c2)c1. The normalized spacial score (nSPS) is 15.3. The number of nitrogens with zero attached hydrogens (tertiary/aromatic N) is 1. The van der Waals surface area contributed by atoms with Gasteiger partial charge in [-0.3, -0.25) is 14.9 Å². The van der Waals surface area contributed by atoms with Gasteiger partial charge in [-0.15, -0.1) is 0 Å². The van der Waals surface area contributed by atoms with E-state index in [0.29, 0.717) is 68.6 Å². The van der Waals surface area contributed by atoms with Crippen molar-refractivity contribution >= 4 is 59.9 Å². The highest BCUT2D eigenvalue weighted by Crippen LogP contribution is 2.41.